The Hall–Kier alpha value is -0.450. The third kappa shape index (κ3) is 3.55. The minimum Gasteiger partial charge on any atom is -0.381 e. The van der Waals surface area contributed by atoms with E-state index in [1.54, 1.807) is 6.20 Å². The van der Waals surface area contributed by atoms with Crippen LogP contribution in [-0.2, 0) is 16.1 Å². The van der Waals surface area contributed by atoms with Crippen LogP contribution in [0.3, 0.4) is 0 Å². The highest BCUT2D eigenvalue weighted by atomic mass is 79.9. The van der Waals surface area contributed by atoms with Crippen molar-refractivity contribution in [1.82, 2.24) is 4.98 Å². The van der Waals surface area contributed by atoms with E-state index in [4.69, 9.17) is 9.47 Å². The smallest absolute Gasteiger partial charge is 0.0891 e. The van der Waals surface area contributed by atoms with Gasteiger partial charge >= 0.3 is 0 Å². The van der Waals surface area contributed by atoms with Crippen molar-refractivity contribution in [3.05, 3.63) is 28.5 Å². The monoisotopic (exact) mass is 271 g/mol. The molecule has 0 aromatic carbocycles. The molecule has 1 aliphatic rings. The third-order valence-corrected chi connectivity index (χ3v) is 2.89. The van der Waals surface area contributed by atoms with Crippen LogP contribution in [0.2, 0.25) is 0 Å². The summed E-state index contributed by atoms with van der Waals surface area (Å²) in [5, 5.41) is 0. The van der Waals surface area contributed by atoms with Crippen LogP contribution < -0.4 is 0 Å². The summed E-state index contributed by atoms with van der Waals surface area (Å²) in [4.78, 5) is 4.26. The van der Waals surface area contributed by atoms with Crippen molar-refractivity contribution in [3.63, 3.8) is 0 Å². The molecule has 0 atom stereocenters. The van der Waals surface area contributed by atoms with Crippen LogP contribution in [0, 0.1) is 0 Å². The normalized spacial score (nSPS) is 17.9. The van der Waals surface area contributed by atoms with E-state index >= 15 is 0 Å². The summed E-state index contributed by atoms with van der Waals surface area (Å²) >= 11 is 3.35. The molecule has 0 N–H and O–H groups in total. The maximum absolute atomic E-state index is 5.75. The van der Waals surface area contributed by atoms with Gasteiger partial charge in [-0.25, -0.2) is 0 Å². The van der Waals surface area contributed by atoms with Crippen LogP contribution in [0.25, 0.3) is 0 Å². The third-order valence-electron chi connectivity index (χ3n) is 2.42. The largest absolute Gasteiger partial charge is 0.381 e. The van der Waals surface area contributed by atoms with Crippen molar-refractivity contribution in [1.29, 1.82) is 0 Å². The summed E-state index contributed by atoms with van der Waals surface area (Å²) in [6, 6.07) is 3.96. The van der Waals surface area contributed by atoms with Gasteiger partial charge in [0, 0.05) is 23.9 Å². The van der Waals surface area contributed by atoms with Gasteiger partial charge in [-0.05, 0) is 40.9 Å². The van der Waals surface area contributed by atoms with Crippen molar-refractivity contribution < 1.29 is 9.47 Å². The molecule has 0 saturated carbocycles. The van der Waals surface area contributed by atoms with Crippen LogP contribution >= 0.6 is 15.9 Å². The number of ether oxygens (including phenoxy) is 2. The average Bonchev–Trinajstić information content (AvgIpc) is 2.30. The quantitative estimate of drug-likeness (QED) is 0.847. The van der Waals surface area contributed by atoms with Gasteiger partial charge in [0.2, 0.25) is 0 Å². The Morgan fingerprint density at radius 2 is 2.20 bits per heavy atom. The molecule has 1 aromatic rings. The molecule has 1 fully saturated rings. The zero-order valence-electron chi connectivity index (χ0n) is 8.49. The molecule has 0 amide bonds. The van der Waals surface area contributed by atoms with Gasteiger partial charge in [0.05, 0.1) is 18.4 Å². The van der Waals surface area contributed by atoms with Crippen molar-refractivity contribution in [3.8, 4) is 0 Å². The number of pyridine rings is 1. The van der Waals surface area contributed by atoms with Gasteiger partial charge in [0.15, 0.2) is 0 Å². The second kappa shape index (κ2) is 5.58. The fraction of sp³-hybridized carbons (Fsp3) is 0.545. The second-order valence-corrected chi connectivity index (χ2v) is 4.51. The zero-order chi connectivity index (χ0) is 10.5. The van der Waals surface area contributed by atoms with Crippen molar-refractivity contribution in [2.75, 3.05) is 13.2 Å². The van der Waals surface area contributed by atoms with E-state index in [9.17, 15) is 0 Å². The van der Waals surface area contributed by atoms with Crippen LogP contribution in [0.1, 0.15) is 18.5 Å². The van der Waals surface area contributed by atoms with Gasteiger partial charge in [-0.3, -0.25) is 4.98 Å². The summed E-state index contributed by atoms with van der Waals surface area (Å²) in [6.45, 7) is 2.23. The molecule has 82 valence electrons. The van der Waals surface area contributed by atoms with E-state index in [1.165, 1.54) is 0 Å². The molecule has 2 rings (SSSR count). The number of nitrogens with zero attached hydrogens (tertiary/aromatic N) is 1. The zero-order valence-corrected chi connectivity index (χ0v) is 10.1. The molecule has 1 saturated heterocycles. The van der Waals surface area contributed by atoms with Crippen molar-refractivity contribution in [2.45, 2.75) is 25.6 Å². The minimum absolute atomic E-state index is 0.337. The lowest BCUT2D eigenvalue weighted by Crippen LogP contribution is -2.23. The fourth-order valence-corrected chi connectivity index (χ4v) is 1.77. The lowest BCUT2D eigenvalue weighted by molar-refractivity contribution is -0.0399. The van der Waals surface area contributed by atoms with Gasteiger partial charge < -0.3 is 9.47 Å². The molecular formula is C11H14BrNO2. The van der Waals surface area contributed by atoms with Crippen LogP contribution in [-0.4, -0.2) is 24.3 Å². The van der Waals surface area contributed by atoms with Gasteiger partial charge in [0.25, 0.3) is 0 Å². The first-order valence-corrected chi connectivity index (χ1v) is 5.93. The van der Waals surface area contributed by atoms with Crippen LogP contribution in [0.5, 0.6) is 0 Å². The molecule has 0 aliphatic carbocycles. The summed E-state index contributed by atoms with van der Waals surface area (Å²) < 4.78 is 12.0. The molecule has 15 heavy (non-hydrogen) atoms. The lowest BCUT2D eigenvalue weighted by atomic mass is 10.1. The van der Waals surface area contributed by atoms with E-state index in [1.807, 2.05) is 12.1 Å². The van der Waals surface area contributed by atoms with Gasteiger partial charge in [-0.2, -0.15) is 0 Å². The first-order valence-electron chi connectivity index (χ1n) is 5.14. The highest BCUT2D eigenvalue weighted by Gasteiger charge is 2.13. The average molecular weight is 272 g/mol. The Balaban J connectivity index is 1.79. The topological polar surface area (TPSA) is 31.4 Å². The van der Waals surface area contributed by atoms with Crippen LogP contribution in [0.4, 0.5) is 0 Å². The minimum atomic E-state index is 0.337. The molecule has 3 nitrogen and oxygen atoms in total. The Morgan fingerprint density at radius 3 is 2.87 bits per heavy atom. The maximum atomic E-state index is 5.75. The molecular weight excluding hydrogens is 258 g/mol. The predicted molar refractivity (Wildman–Crippen MR) is 60.6 cm³/mol. The Bertz CT molecular complexity index is 296. The van der Waals surface area contributed by atoms with E-state index in [0.29, 0.717) is 12.7 Å². The van der Waals surface area contributed by atoms with Crippen molar-refractivity contribution in [2.24, 2.45) is 0 Å². The summed E-state index contributed by atoms with van der Waals surface area (Å²) in [7, 11) is 0. The maximum Gasteiger partial charge on any atom is 0.0891 e. The van der Waals surface area contributed by atoms with E-state index in [2.05, 4.69) is 20.9 Å². The molecule has 1 aromatic heterocycles. The number of aromatic nitrogens is 1. The number of halogens is 1. The standard InChI is InChI=1S/C11H14BrNO2/c12-9-1-2-10(13-7-9)8-15-11-3-5-14-6-4-11/h1-2,7,11H,3-6,8H2. The Kier molecular flexibility index (Phi) is 4.11. The molecule has 1 aliphatic heterocycles. The van der Waals surface area contributed by atoms with Crippen LogP contribution in [0.15, 0.2) is 22.8 Å². The molecule has 0 spiro atoms. The molecule has 4 heteroatoms. The van der Waals surface area contributed by atoms with E-state index in [-0.39, 0.29) is 0 Å². The highest BCUT2D eigenvalue weighted by Crippen LogP contribution is 2.13. The van der Waals surface area contributed by atoms with Gasteiger partial charge in [-0.15, -0.1) is 0 Å². The number of hydrogen-bond donors (Lipinski definition) is 0. The van der Waals surface area contributed by atoms with Crippen molar-refractivity contribution >= 4 is 15.9 Å². The SMILES string of the molecule is Brc1ccc(COC2CCOCC2)nc1. The first-order chi connectivity index (χ1) is 7.34. The summed E-state index contributed by atoms with van der Waals surface area (Å²) in [5.41, 5.74) is 0.977. The highest BCUT2D eigenvalue weighted by molar-refractivity contribution is 9.10. The second-order valence-electron chi connectivity index (χ2n) is 3.59. The van der Waals surface area contributed by atoms with Gasteiger partial charge in [-0.1, -0.05) is 0 Å². The Labute approximate surface area is 97.9 Å². The number of rotatable bonds is 3. The first kappa shape index (κ1) is 11.0. The lowest BCUT2D eigenvalue weighted by Gasteiger charge is -2.22. The number of hydrogen-bond acceptors (Lipinski definition) is 3. The summed E-state index contributed by atoms with van der Waals surface area (Å²) in [5.74, 6) is 0. The molecule has 0 radical (unpaired) electrons. The molecule has 2 heterocycles. The van der Waals surface area contributed by atoms with E-state index in [0.717, 1.165) is 36.2 Å². The fourth-order valence-electron chi connectivity index (χ4n) is 1.54. The predicted octanol–water partition coefficient (Wildman–Crippen LogP) is 2.54. The molecule has 0 bridgehead atoms. The molecule has 0 unspecified atom stereocenters. The Morgan fingerprint density at radius 1 is 1.40 bits per heavy atom. The van der Waals surface area contributed by atoms with E-state index < -0.39 is 0 Å². The van der Waals surface area contributed by atoms with Gasteiger partial charge in [0.1, 0.15) is 0 Å². The summed E-state index contributed by atoms with van der Waals surface area (Å²) in [6.07, 6.45) is 4.12.